The Morgan fingerprint density at radius 1 is 1.17 bits per heavy atom. The number of hydrogen-bond acceptors (Lipinski definition) is 6. The summed E-state index contributed by atoms with van der Waals surface area (Å²) in [7, 11) is -2.19. The number of benzene rings is 1. The maximum Gasteiger partial charge on any atom is 0.337 e. The fraction of sp³-hybridized carbons (Fsp3) is 0.400. The average Bonchev–Trinajstić information content (AvgIpc) is 3.29. The highest BCUT2D eigenvalue weighted by atomic mass is 32.2. The van der Waals surface area contributed by atoms with Crippen molar-refractivity contribution in [2.75, 3.05) is 20.2 Å². The largest absolute Gasteiger partial charge is 0.465 e. The first-order chi connectivity index (χ1) is 13.9. The van der Waals surface area contributed by atoms with Crippen LogP contribution in [0.2, 0.25) is 0 Å². The maximum absolute atomic E-state index is 12.9. The number of methoxy groups -OCH3 is 1. The van der Waals surface area contributed by atoms with Crippen molar-refractivity contribution >= 4 is 33.2 Å². The lowest BCUT2D eigenvalue weighted by molar-refractivity contribution is 0.0600. The monoisotopic (exact) mass is 436 g/mol. The van der Waals surface area contributed by atoms with Gasteiger partial charge in [0.2, 0.25) is 0 Å². The molecule has 0 saturated carbocycles. The van der Waals surface area contributed by atoms with Crippen LogP contribution in [0.5, 0.6) is 0 Å². The van der Waals surface area contributed by atoms with Crippen LogP contribution in [0.15, 0.2) is 46.0 Å². The van der Waals surface area contributed by atoms with Crippen LogP contribution in [0, 0.1) is 0 Å². The minimum Gasteiger partial charge on any atom is -0.465 e. The van der Waals surface area contributed by atoms with Crippen molar-refractivity contribution in [3.63, 3.8) is 0 Å². The molecule has 1 aromatic heterocycles. The van der Waals surface area contributed by atoms with E-state index in [4.69, 9.17) is 0 Å². The lowest BCUT2D eigenvalue weighted by Crippen LogP contribution is -2.44. The summed E-state index contributed by atoms with van der Waals surface area (Å²) in [5.41, 5.74) is 0.810. The minimum atomic E-state index is -3.49. The van der Waals surface area contributed by atoms with Crippen LogP contribution < -0.4 is 5.32 Å². The van der Waals surface area contributed by atoms with Gasteiger partial charge in [0.05, 0.1) is 12.7 Å². The lowest BCUT2D eigenvalue weighted by Gasteiger charge is -2.34. The van der Waals surface area contributed by atoms with E-state index in [0.717, 1.165) is 19.3 Å². The van der Waals surface area contributed by atoms with Gasteiger partial charge in [0.1, 0.15) is 4.21 Å². The average molecular weight is 437 g/mol. The highest BCUT2D eigenvalue weighted by molar-refractivity contribution is 7.91. The van der Waals surface area contributed by atoms with E-state index in [1.807, 2.05) is 0 Å². The Labute approximate surface area is 174 Å². The molecule has 2 aromatic rings. The number of carbonyl (C=O) groups excluding carboxylic acids is 2. The van der Waals surface area contributed by atoms with Gasteiger partial charge in [-0.3, -0.25) is 4.79 Å². The normalized spacial score (nSPS) is 17.6. The Morgan fingerprint density at radius 2 is 1.90 bits per heavy atom. The van der Waals surface area contributed by atoms with Crippen LogP contribution in [0.1, 0.15) is 46.4 Å². The molecule has 1 aromatic carbocycles. The van der Waals surface area contributed by atoms with Crippen molar-refractivity contribution in [2.45, 2.75) is 35.9 Å². The van der Waals surface area contributed by atoms with Gasteiger partial charge in [-0.05, 0) is 55.0 Å². The first kappa shape index (κ1) is 21.5. The fourth-order valence-corrected chi connectivity index (χ4v) is 6.28. The third-order valence-corrected chi connectivity index (χ3v) is 8.29. The number of esters is 1. The van der Waals surface area contributed by atoms with Crippen molar-refractivity contribution in [2.24, 2.45) is 0 Å². The number of nitrogens with one attached hydrogen (secondary N) is 1. The summed E-state index contributed by atoms with van der Waals surface area (Å²) in [6.07, 6.45) is 3.16. The van der Waals surface area contributed by atoms with E-state index in [1.165, 1.54) is 30.6 Å². The molecule has 0 aliphatic carbocycles. The molecule has 156 valence electrons. The molecule has 9 heteroatoms. The van der Waals surface area contributed by atoms with E-state index in [2.05, 4.69) is 10.1 Å². The summed E-state index contributed by atoms with van der Waals surface area (Å²) in [4.78, 5) is 23.8. The molecule has 29 heavy (non-hydrogen) atoms. The van der Waals surface area contributed by atoms with E-state index in [9.17, 15) is 18.0 Å². The molecule has 1 atom stereocenters. The zero-order valence-corrected chi connectivity index (χ0v) is 17.8. The van der Waals surface area contributed by atoms with Crippen LogP contribution in [-0.2, 0) is 14.8 Å². The molecule has 1 amide bonds. The zero-order valence-electron chi connectivity index (χ0n) is 16.2. The molecule has 1 aliphatic rings. The predicted octanol–water partition coefficient (Wildman–Crippen LogP) is 2.90. The Kier molecular flexibility index (Phi) is 7.05. The second kappa shape index (κ2) is 9.51. The van der Waals surface area contributed by atoms with Gasteiger partial charge in [-0.1, -0.05) is 12.5 Å². The van der Waals surface area contributed by atoms with Crippen LogP contribution in [0.25, 0.3) is 0 Å². The topological polar surface area (TPSA) is 92.8 Å². The molecule has 7 nitrogen and oxygen atoms in total. The van der Waals surface area contributed by atoms with Crippen molar-refractivity contribution in [1.82, 2.24) is 9.62 Å². The zero-order chi connectivity index (χ0) is 20.9. The predicted molar refractivity (Wildman–Crippen MR) is 111 cm³/mol. The lowest BCUT2D eigenvalue weighted by atomic mass is 10.0. The highest BCUT2D eigenvalue weighted by Crippen LogP contribution is 2.29. The van der Waals surface area contributed by atoms with Crippen molar-refractivity contribution in [3.05, 3.63) is 52.9 Å². The number of sulfonamides is 1. The molecule has 1 unspecified atom stereocenters. The standard InChI is InChI=1S/C20H24N2O5S2/c1-27-20(24)16-9-7-15(8-10-16)19(23)21-12-11-17-5-2-3-13-22(17)29(25,26)18-6-4-14-28-18/h4,6-10,14,17H,2-3,5,11-13H2,1H3,(H,21,23). The fourth-order valence-electron chi connectivity index (χ4n) is 3.43. The summed E-state index contributed by atoms with van der Waals surface area (Å²) < 4.78 is 32.4. The van der Waals surface area contributed by atoms with E-state index in [-0.39, 0.29) is 11.9 Å². The summed E-state index contributed by atoms with van der Waals surface area (Å²) in [6, 6.07) is 9.45. The molecule has 2 heterocycles. The second-order valence-electron chi connectivity index (χ2n) is 6.81. The van der Waals surface area contributed by atoms with Gasteiger partial charge in [0.25, 0.3) is 15.9 Å². The molecular weight excluding hydrogens is 412 g/mol. The van der Waals surface area contributed by atoms with Crippen LogP contribution >= 0.6 is 11.3 Å². The van der Waals surface area contributed by atoms with E-state index >= 15 is 0 Å². The quantitative estimate of drug-likeness (QED) is 0.674. The molecule has 3 rings (SSSR count). The summed E-state index contributed by atoms with van der Waals surface area (Å²) in [5, 5.41) is 4.60. The first-order valence-corrected chi connectivity index (χ1v) is 11.8. The Morgan fingerprint density at radius 3 is 2.55 bits per heavy atom. The third kappa shape index (κ3) is 5.04. The third-order valence-electron chi connectivity index (χ3n) is 4.96. The number of amides is 1. The van der Waals surface area contributed by atoms with Gasteiger partial charge in [-0.15, -0.1) is 11.3 Å². The molecule has 1 fully saturated rings. The summed E-state index contributed by atoms with van der Waals surface area (Å²) >= 11 is 1.22. The van der Waals surface area contributed by atoms with E-state index in [1.54, 1.807) is 34.0 Å². The molecule has 1 N–H and O–H groups in total. The van der Waals surface area contributed by atoms with Crippen molar-refractivity contribution in [3.8, 4) is 0 Å². The number of nitrogens with zero attached hydrogens (tertiary/aromatic N) is 1. The number of carbonyl (C=O) groups is 2. The van der Waals surface area contributed by atoms with Crippen molar-refractivity contribution in [1.29, 1.82) is 0 Å². The number of ether oxygens (including phenoxy) is 1. The number of thiophene rings is 1. The van der Waals surface area contributed by atoms with E-state index < -0.39 is 16.0 Å². The van der Waals surface area contributed by atoms with Gasteiger partial charge in [-0.25, -0.2) is 13.2 Å². The Hall–Kier alpha value is -2.23. The first-order valence-electron chi connectivity index (χ1n) is 9.45. The minimum absolute atomic E-state index is 0.127. The van der Waals surface area contributed by atoms with Crippen LogP contribution in [0.4, 0.5) is 0 Å². The number of hydrogen-bond donors (Lipinski definition) is 1. The smallest absolute Gasteiger partial charge is 0.337 e. The molecule has 1 saturated heterocycles. The SMILES string of the molecule is COC(=O)c1ccc(C(=O)NCCC2CCCCN2S(=O)(=O)c2cccs2)cc1. The van der Waals surface area contributed by atoms with Gasteiger partial charge in [0, 0.05) is 24.7 Å². The molecule has 0 bridgehead atoms. The highest BCUT2D eigenvalue weighted by Gasteiger charge is 2.33. The molecule has 0 spiro atoms. The molecular formula is C20H24N2O5S2. The van der Waals surface area contributed by atoms with Gasteiger partial charge >= 0.3 is 5.97 Å². The molecule has 1 aliphatic heterocycles. The molecule has 0 radical (unpaired) electrons. The second-order valence-corrected chi connectivity index (χ2v) is 9.88. The van der Waals surface area contributed by atoms with Gasteiger partial charge in [0.15, 0.2) is 0 Å². The number of rotatable bonds is 7. The van der Waals surface area contributed by atoms with Crippen LogP contribution in [0.3, 0.4) is 0 Å². The maximum atomic E-state index is 12.9. The van der Waals surface area contributed by atoms with Crippen LogP contribution in [-0.4, -0.2) is 50.8 Å². The van der Waals surface area contributed by atoms with E-state index in [0.29, 0.717) is 34.8 Å². The van der Waals surface area contributed by atoms with Gasteiger partial charge in [-0.2, -0.15) is 4.31 Å². The Balaban J connectivity index is 1.58. The number of piperidine rings is 1. The van der Waals surface area contributed by atoms with Gasteiger partial charge < -0.3 is 10.1 Å². The summed E-state index contributed by atoms with van der Waals surface area (Å²) in [5.74, 6) is -0.716. The Bertz CT molecular complexity index is 940. The van der Waals surface area contributed by atoms with Crippen molar-refractivity contribution < 1.29 is 22.7 Å². The summed E-state index contributed by atoms with van der Waals surface area (Å²) in [6.45, 7) is 0.881.